The van der Waals surface area contributed by atoms with Gasteiger partial charge in [-0.3, -0.25) is 24.5 Å². The average Bonchev–Trinajstić information content (AvgIpc) is 3.20. The lowest BCUT2D eigenvalue weighted by Crippen LogP contribution is -2.00. The fourth-order valence-corrected chi connectivity index (χ4v) is 3.80. The number of ketones is 2. The van der Waals surface area contributed by atoms with Crippen molar-refractivity contribution in [2.75, 3.05) is 0 Å². The Bertz CT molecular complexity index is 1090. The van der Waals surface area contributed by atoms with Gasteiger partial charge in [0.1, 0.15) is 0 Å². The van der Waals surface area contributed by atoms with Gasteiger partial charge in [-0.15, -0.1) is 11.3 Å². The van der Waals surface area contributed by atoms with Gasteiger partial charge in [-0.2, -0.15) is 0 Å². The summed E-state index contributed by atoms with van der Waals surface area (Å²) in [5.41, 5.74) is 2.63. The number of rotatable bonds is 5. The zero-order valence-electron chi connectivity index (χ0n) is 14.1. The Morgan fingerprint density at radius 3 is 1.70 bits per heavy atom. The molecule has 0 bridgehead atoms. The van der Waals surface area contributed by atoms with Crippen LogP contribution in [-0.4, -0.2) is 26.5 Å². The van der Waals surface area contributed by atoms with Crippen LogP contribution in [0.25, 0.3) is 11.1 Å². The van der Waals surface area contributed by atoms with E-state index >= 15 is 0 Å². The minimum Gasteiger partial charge on any atom is -0.288 e. The SMILES string of the molecule is O=C(c1ccncc1)c1cc(-c2ccncc2)c(C(=O)c2ccncc2)s1. The second-order valence-corrected chi connectivity index (χ2v) is 6.77. The number of hydrogen-bond acceptors (Lipinski definition) is 6. The van der Waals surface area contributed by atoms with E-state index in [1.807, 2.05) is 12.1 Å². The third kappa shape index (κ3) is 3.43. The maximum atomic E-state index is 13.1. The molecule has 4 aromatic rings. The first-order valence-corrected chi connectivity index (χ1v) is 8.99. The highest BCUT2D eigenvalue weighted by molar-refractivity contribution is 7.17. The number of carbonyl (C=O) groups is 2. The van der Waals surface area contributed by atoms with Crippen LogP contribution in [0, 0.1) is 0 Å². The van der Waals surface area contributed by atoms with Gasteiger partial charge in [-0.05, 0) is 48.0 Å². The molecule has 6 heteroatoms. The number of pyridine rings is 3. The van der Waals surface area contributed by atoms with Gasteiger partial charge in [0.25, 0.3) is 0 Å². The summed E-state index contributed by atoms with van der Waals surface area (Å²) < 4.78 is 0. The molecule has 4 heterocycles. The molecule has 4 aromatic heterocycles. The lowest BCUT2D eigenvalue weighted by atomic mass is 10.0. The summed E-state index contributed by atoms with van der Waals surface area (Å²) in [5, 5.41) is 0. The van der Waals surface area contributed by atoms with Crippen LogP contribution in [0.2, 0.25) is 0 Å². The van der Waals surface area contributed by atoms with Crippen LogP contribution in [0.1, 0.15) is 30.5 Å². The summed E-state index contributed by atoms with van der Waals surface area (Å²) in [5.74, 6) is -0.269. The quantitative estimate of drug-likeness (QED) is 0.495. The average molecular weight is 371 g/mol. The molecule has 0 saturated carbocycles. The Hall–Kier alpha value is -3.51. The summed E-state index contributed by atoms with van der Waals surface area (Å²) in [6, 6.07) is 12.1. The molecule has 27 heavy (non-hydrogen) atoms. The maximum absolute atomic E-state index is 13.1. The molecule has 5 nitrogen and oxygen atoms in total. The summed E-state index contributed by atoms with van der Waals surface area (Å²) in [6.45, 7) is 0. The summed E-state index contributed by atoms with van der Waals surface area (Å²) >= 11 is 1.20. The van der Waals surface area contributed by atoms with E-state index in [2.05, 4.69) is 15.0 Å². The molecule has 0 amide bonds. The first-order chi connectivity index (χ1) is 13.2. The van der Waals surface area contributed by atoms with Gasteiger partial charge >= 0.3 is 0 Å². The van der Waals surface area contributed by atoms with Gasteiger partial charge in [0.15, 0.2) is 0 Å². The fraction of sp³-hybridized carbons (Fsp3) is 0. The Morgan fingerprint density at radius 2 is 1.15 bits per heavy atom. The fourth-order valence-electron chi connectivity index (χ4n) is 2.70. The van der Waals surface area contributed by atoms with Gasteiger partial charge in [0.05, 0.1) is 9.75 Å². The number of nitrogens with zero attached hydrogens (tertiary/aromatic N) is 3. The molecule has 0 aliphatic rings. The van der Waals surface area contributed by atoms with Crippen molar-refractivity contribution in [1.82, 2.24) is 15.0 Å². The standard InChI is InChI=1S/C21H13N3O2S/c25-19(15-3-9-23-10-4-15)18-13-17(14-1-7-22-8-2-14)21(27-18)20(26)16-5-11-24-12-6-16/h1-13H. The van der Waals surface area contributed by atoms with Gasteiger partial charge in [-0.25, -0.2) is 0 Å². The highest BCUT2D eigenvalue weighted by Crippen LogP contribution is 2.34. The van der Waals surface area contributed by atoms with Crippen molar-refractivity contribution in [1.29, 1.82) is 0 Å². The molecule has 0 aliphatic heterocycles. The van der Waals surface area contributed by atoms with Crippen molar-refractivity contribution < 1.29 is 9.59 Å². The minimum atomic E-state index is -0.136. The van der Waals surface area contributed by atoms with Crippen LogP contribution < -0.4 is 0 Å². The summed E-state index contributed by atoms with van der Waals surface area (Å²) in [7, 11) is 0. The zero-order valence-corrected chi connectivity index (χ0v) is 14.9. The maximum Gasteiger partial charge on any atom is 0.203 e. The second-order valence-electron chi connectivity index (χ2n) is 5.72. The van der Waals surface area contributed by atoms with Crippen LogP contribution in [0.15, 0.2) is 79.6 Å². The van der Waals surface area contributed by atoms with Crippen LogP contribution in [0.4, 0.5) is 0 Å². The first kappa shape index (κ1) is 16.9. The lowest BCUT2D eigenvalue weighted by molar-refractivity contribution is 0.103. The Labute approximate surface area is 159 Å². The third-order valence-electron chi connectivity index (χ3n) is 4.04. The molecule has 0 aliphatic carbocycles. The molecule has 0 atom stereocenters. The first-order valence-electron chi connectivity index (χ1n) is 8.18. The van der Waals surface area contributed by atoms with Crippen LogP contribution in [0.5, 0.6) is 0 Å². The monoisotopic (exact) mass is 371 g/mol. The normalized spacial score (nSPS) is 10.5. The van der Waals surface area contributed by atoms with Crippen molar-refractivity contribution in [2.45, 2.75) is 0 Å². The van der Waals surface area contributed by atoms with Crippen molar-refractivity contribution in [3.05, 3.63) is 101 Å². The van der Waals surface area contributed by atoms with E-state index in [-0.39, 0.29) is 11.6 Å². The van der Waals surface area contributed by atoms with E-state index in [1.165, 1.54) is 11.3 Å². The van der Waals surface area contributed by atoms with Gasteiger partial charge in [-0.1, -0.05) is 0 Å². The molecule has 0 radical (unpaired) electrons. The topological polar surface area (TPSA) is 72.8 Å². The van der Waals surface area contributed by atoms with Crippen molar-refractivity contribution >= 4 is 22.9 Å². The minimum absolute atomic E-state index is 0.133. The third-order valence-corrected chi connectivity index (χ3v) is 5.17. The molecular formula is C21H13N3O2S. The van der Waals surface area contributed by atoms with Crippen molar-refractivity contribution in [3.63, 3.8) is 0 Å². The van der Waals surface area contributed by atoms with Crippen molar-refractivity contribution in [2.24, 2.45) is 0 Å². The highest BCUT2D eigenvalue weighted by atomic mass is 32.1. The van der Waals surface area contributed by atoms with E-state index in [4.69, 9.17) is 0 Å². The van der Waals surface area contributed by atoms with E-state index in [0.29, 0.717) is 20.9 Å². The Kier molecular flexibility index (Phi) is 4.63. The van der Waals surface area contributed by atoms with Gasteiger partial charge in [0, 0.05) is 53.9 Å². The molecule has 0 fully saturated rings. The van der Waals surface area contributed by atoms with Crippen molar-refractivity contribution in [3.8, 4) is 11.1 Å². The predicted octanol–water partition coefficient (Wildman–Crippen LogP) is 4.06. The molecule has 0 aromatic carbocycles. The molecule has 130 valence electrons. The molecule has 4 rings (SSSR count). The number of aromatic nitrogens is 3. The predicted molar refractivity (Wildman–Crippen MR) is 103 cm³/mol. The molecule has 0 unspecified atom stereocenters. The smallest absolute Gasteiger partial charge is 0.203 e. The lowest BCUT2D eigenvalue weighted by Gasteiger charge is -2.03. The molecular weight excluding hydrogens is 358 g/mol. The van der Waals surface area contributed by atoms with E-state index in [9.17, 15) is 9.59 Å². The second kappa shape index (κ2) is 7.39. The van der Waals surface area contributed by atoms with Crippen LogP contribution in [-0.2, 0) is 0 Å². The summed E-state index contributed by atoms with van der Waals surface area (Å²) in [4.78, 5) is 38.9. The zero-order chi connectivity index (χ0) is 18.6. The largest absolute Gasteiger partial charge is 0.288 e. The van der Waals surface area contributed by atoms with E-state index in [1.54, 1.807) is 67.5 Å². The van der Waals surface area contributed by atoms with Gasteiger partial charge in [0.2, 0.25) is 11.6 Å². The Morgan fingerprint density at radius 1 is 0.667 bits per heavy atom. The Balaban J connectivity index is 1.83. The van der Waals surface area contributed by atoms with Crippen LogP contribution in [0.3, 0.4) is 0 Å². The van der Waals surface area contributed by atoms with E-state index in [0.717, 1.165) is 11.1 Å². The molecule has 0 N–H and O–H groups in total. The van der Waals surface area contributed by atoms with E-state index < -0.39 is 0 Å². The number of thiophene rings is 1. The summed E-state index contributed by atoms with van der Waals surface area (Å²) in [6.07, 6.45) is 9.64. The number of carbonyl (C=O) groups excluding carboxylic acids is 2. The van der Waals surface area contributed by atoms with Crippen LogP contribution >= 0.6 is 11.3 Å². The number of hydrogen-bond donors (Lipinski definition) is 0. The molecule has 0 spiro atoms. The van der Waals surface area contributed by atoms with Gasteiger partial charge < -0.3 is 0 Å². The highest BCUT2D eigenvalue weighted by Gasteiger charge is 2.22. The molecule has 0 saturated heterocycles.